The molecule has 4 N–H and O–H groups in total. The summed E-state index contributed by atoms with van der Waals surface area (Å²) >= 11 is 0. The SMILES string of the molecule is CC(C)(C)OC(=O)N[C@H]1CC[C@H](Nc2nc(-c3cnc4ccc(F)cn34)ncc2N)CC1. The summed E-state index contributed by atoms with van der Waals surface area (Å²) < 4.78 is 20.6. The molecule has 3 aromatic heterocycles. The van der Waals surface area contributed by atoms with Crippen LogP contribution >= 0.6 is 0 Å². The second kappa shape index (κ2) is 8.60. The lowest BCUT2D eigenvalue weighted by Gasteiger charge is -2.31. The maximum absolute atomic E-state index is 13.7. The lowest BCUT2D eigenvalue weighted by atomic mass is 9.91. The average molecular weight is 442 g/mol. The molecule has 0 spiro atoms. The maximum Gasteiger partial charge on any atom is 0.407 e. The Morgan fingerprint density at radius 1 is 1.16 bits per heavy atom. The van der Waals surface area contributed by atoms with Crippen molar-refractivity contribution in [3.8, 4) is 11.5 Å². The summed E-state index contributed by atoms with van der Waals surface area (Å²) in [5, 5.41) is 6.34. The van der Waals surface area contributed by atoms with Crippen molar-refractivity contribution < 1.29 is 13.9 Å². The first-order chi connectivity index (χ1) is 15.2. The Labute approximate surface area is 185 Å². The smallest absolute Gasteiger partial charge is 0.407 e. The largest absolute Gasteiger partial charge is 0.444 e. The van der Waals surface area contributed by atoms with Crippen LogP contribution in [0.15, 0.2) is 30.7 Å². The van der Waals surface area contributed by atoms with Gasteiger partial charge in [0.25, 0.3) is 0 Å². The van der Waals surface area contributed by atoms with E-state index in [4.69, 9.17) is 10.5 Å². The van der Waals surface area contributed by atoms with Gasteiger partial charge in [0.05, 0.1) is 18.1 Å². The number of ether oxygens (including phenoxy) is 1. The third-order valence-electron chi connectivity index (χ3n) is 5.30. The Morgan fingerprint density at radius 3 is 2.59 bits per heavy atom. The molecule has 0 unspecified atom stereocenters. The number of pyridine rings is 1. The number of amides is 1. The molecule has 1 aliphatic rings. The molecule has 32 heavy (non-hydrogen) atoms. The molecule has 1 saturated carbocycles. The predicted octanol–water partition coefficient (Wildman–Crippen LogP) is 3.76. The zero-order chi connectivity index (χ0) is 22.9. The number of alkyl carbamates (subject to hydrolysis) is 1. The molecular weight excluding hydrogens is 413 g/mol. The number of fused-ring (bicyclic) bond motifs is 1. The average Bonchev–Trinajstić information content (AvgIpc) is 3.12. The fourth-order valence-corrected chi connectivity index (χ4v) is 3.80. The van der Waals surface area contributed by atoms with Crippen LogP contribution in [-0.2, 0) is 4.74 Å². The number of nitrogen functional groups attached to an aromatic ring is 1. The molecule has 3 heterocycles. The Bertz CT molecular complexity index is 1120. The molecule has 0 atom stereocenters. The van der Waals surface area contributed by atoms with Crippen molar-refractivity contribution in [3.05, 3.63) is 36.5 Å². The Kier molecular flexibility index (Phi) is 5.86. The number of anilines is 2. The standard InChI is InChI=1S/C22H28FN7O2/c1-22(2,3)32-21(31)28-15-7-5-14(6-8-15)27-19-16(24)10-26-20(29-19)17-11-25-18-9-4-13(23)12-30(17)18/h4,9-12,14-15H,5-8,24H2,1-3H3,(H,28,31)(H,26,27,29)/t14-,15-. The van der Waals surface area contributed by atoms with Crippen molar-refractivity contribution in [1.29, 1.82) is 0 Å². The van der Waals surface area contributed by atoms with Crippen LogP contribution in [0.1, 0.15) is 46.5 Å². The number of hydrogen-bond acceptors (Lipinski definition) is 7. The Balaban J connectivity index is 1.41. The second-order valence-electron chi connectivity index (χ2n) is 9.06. The van der Waals surface area contributed by atoms with E-state index in [1.807, 2.05) is 20.8 Å². The lowest BCUT2D eigenvalue weighted by molar-refractivity contribution is 0.0492. The molecule has 4 rings (SSSR count). The minimum Gasteiger partial charge on any atom is -0.444 e. The van der Waals surface area contributed by atoms with E-state index >= 15 is 0 Å². The van der Waals surface area contributed by atoms with Crippen LogP contribution in [0.5, 0.6) is 0 Å². The quantitative estimate of drug-likeness (QED) is 0.564. The molecule has 0 saturated heterocycles. The van der Waals surface area contributed by atoms with E-state index in [0.29, 0.717) is 28.7 Å². The number of imidazole rings is 1. The molecule has 1 amide bonds. The molecule has 9 nitrogen and oxygen atoms in total. The third kappa shape index (κ3) is 5.06. The molecule has 1 aliphatic carbocycles. The zero-order valence-electron chi connectivity index (χ0n) is 18.4. The van der Waals surface area contributed by atoms with Crippen molar-refractivity contribution >= 4 is 23.2 Å². The number of hydrogen-bond donors (Lipinski definition) is 3. The monoisotopic (exact) mass is 441 g/mol. The summed E-state index contributed by atoms with van der Waals surface area (Å²) in [6, 6.07) is 3.20. The van der Waals surface area contributed by atoms with Crippen molar-refractivity contribution in [3.63, 3.8) is 0 Å². The zero-order valence-corrected chi connectivity index (χ0v) is 18.4. The molecule has 1 fully saturated rings. The van der Waals surface area contributed by atoms with E-state index in [1.165, 1.54) is 12.3 Å². The number of nitrogens with two attached hydrogens (primary N) is 1. The summed E-state index contributed by atoms with van der Waals surface area (Å²) in [4.78, 5) is 25.2. The number of carbonyl (C=O) groups is 1. The predicted molar refractivity (Wildman–Crippen MR) is 120 cm³/mol. The third-order valence-corrected chi connectivity index (χ3v) is 5.30. The van der Waals surface area contributed by atoms with Crippen LogP contribution in [0.3, 0.4) is 0 Å². The summed E-state index contributed by atoms with van der Waals surface area (Å²) in [6.07, 6.45) is 7.45. The van der Waals surface area contributed by atoms with Gasteiger partial charge < -0.3 is 21.1 Å². The number of halogens is 1. The first kappa shape index (κ1) is 21.8. The van der Waals surface area contributed by atoms with E-state index in [0.717, 1.165) is 25.7 Å². The number of nitrogens with zero attached hydrogens (tertiary/aromatic N) is 4. The van der Waals surface area contributed by atoms with Gasteiger partial charge in [-0.3, -0.25) is 4.40 Å². The van der Waals surface area contributed by atoms with Crippen molar-refractivity contribution in [2.75, 3.05) is 11.1 Å². The molecule has 0 aromatic carbocycles. The summed E-state index contributed by atoms with van der Waals surface area (Å²) in [7, 11) is 0. The van der Waals surface area contributed by atoms with E-state index in [9.17, 15) is 9.18 Å². The Hall–Kier alpha value is -3.43. The molecule has 0 radical (unpaired) electrons. The van der Waals surface area contributed by atoms with Crippen LogP contribution in [-0.4, -0.2) is 43.1 Å². The van der Waals surface area contributed by atoms with Gasteiger partial charge in [-0.25, -0.2) is 24.1 Å². The first-order valence-corrected chi connectivity index (χ1v) is 10.7. The maximum atomic E-state index is 13.7. The molecular formula is C22H28FN7O2. The van der Waals surface area contributed by atoms with Gasteiger partial charge in [-0.2, -0.15) is 0 Å². The van der Waals surface area contributed by atoms with Crippen molar-refractivity contribution in [2.24, 2.45) is 0 Å². The minimum absolute atomic E-state index is 0.0780. The van der Waals surface area contributed by atoms with Crippen LogP contribution in [0, 0.1) is 5.82 Å². The fourth-order valence-electron chi connectivity index (χ4n) is 3.80. The van der Waals surface area contributed by atoms with Gasteiger partial charge in [0.2, 0.25) is 0 Å². The highest BCUT2D eigenvalue weighted by molar-refractivity contribution is 5.68. The normalized spacial score (nSPS) is 19.0. The van der Waals surface area contributed by atoms with E-state index in [2.05, 4.69) is 25.6 Å². The van der Waals surface area contributed by atoms with Gasteiger partial charge in [0.1, 0.15) is 22.8 Å². The second-order valence-corrected chi connectivity index (χ2v) is 9.06. The molecule has 10 heteroatoms. The highest BCUT2D eigenvalue weighted by Gasteiger charge is 2.25. The van der Waals surface area contributed by atoms with Gasteiger partial charge in [-0.1, -0.05) is 0 Å². The fraction of sp³-hybridized carbons (Fsp3) is 0.455. The van der Waals surface area contributed by atoms with E-state index in [-0.39, 0.29) is 24.0 Å². The number of nitrogens with one attached hydrogen (secondary N) is 2. The van der Waals surface area contributed by atoms with E-state index < -0.39 is 5.60 Å². The van der Waals surface area contributed by atoms with Gasteiger partial charge in [0.15, 0.2) is 11.6 Å². The van der Waals surface area contributed by atoms with Gasteiger partial charge in [-0.15, -0.1) is 0 Å². The summed E-state index contributed by atoms with van der Waals surface area (Å²) in [6.45, 7) is 5.53. The minimum atomic E-state index is -0.516. The lowest BCUT2D eigenvalue weighted by Crippen LogP contribution is -2.42. The molecule has 0 bridgehead atoms. The molecule has 170 valence electrons. The highest BCUT2D eigenvalue weighted by atomic mass is 19.1. The molecule has 0 aliphatic heterocycles. The van der Waals surface area contributed by atoms with Gasteiger partial charge >= 0.3 is 6.09 Å². The van der Waals surface area contributed by atoms with Crippen LogP contribution in [0.2, 0.25) is 0 Å². The van der Waals surface area contributed by atoms with Crippen molar-refractivity contribution in [1.82, 2.24) is 24.7 Å². The van der Waals surface area contributed by atoms with Crippen LogP contribution in [0.4, 0.5) is 20.7 Å². The van der Waals surface area contributed by atoms with Gasteiger partial charge in [-0.05, 0) is 58.6 Å². The number of rotatable bonds is 4. The summed E-state index contributed by atoms with van der Waals surface area (Å²) in [5.74, 6) is 0.562. The Morgan fingerprint density at radius 2 is 1.88 bits per heavy atom. The highest BCUT2D eigenvalue weighted by Crippen LogP contribution is 2.26. The van der Waals surface area contributed by atoms with Crippen molar-refractivity contribution in [2.45, 2.75) is 64.1 Å². The molecule has 3 aromatic rings. The van der Waals surface area contributed by atoms with E-state index in [1.54, 1.807) is 22.9 Å². The van der Waals surface area contributed by atoms with Gasteiger partial charge in [0, 0.05) is 18.3 Å². The number of aromatic nitrogens is 4. The first-order valence-electron chi connectivity index (χ1n) is 10.7. The topological polar surface area (TPSA) is 119 Å². The van der Waals surface area contributed by atoms with Crippen LogP contribution in [0.25, 0.3) is 17.2 Å². The summed E-state index contributed by atoms with van der Waals surface area (Å²) in [5.41, 5.74) is 7.20. The number of carbonyl (C=O) groups excluding carboxylic acids is 1. The van der Waals surface area contributed by atoms with Crippen LogP contribution < -0.4 is 16.4 Å².